The van der Waals surface area contributed by atoms with E-state index < -0.39 is 10.9 Å². The Morgan fingerprint density at radius 1 is 1.33 bits per heavy atom. The van der Waals surface area contributed by atoms with Crippen molar-refractivity contribution < 1.29 is 14.5 Å². The van der Waals surface area contributed by atoms with Crippen LogP contribution in [0.3, 0.4) is 0 Å². The Balaban J connectivity index is 2.02. The lowest BCUT2D eigenvalue weighted by atomic mass is 10.1. The minimum atomic E-state index is -0.492. The van der Waals surface area contributed by atoms with Gasteiger partial charge < -0.3 is 4.74 Å². The second-order valence-electron chi connectivity index (χ2n) is 4.66. The first kappa shape index (κ1) is 12.5. The molecule has 1 aromatic carbocycles. The summed E-state index contributed by atoms with van der Waals surface area (Å²) in [5.74, 6) is -0.00403. The van der Waals surface area contributed by atoms with Gasteiger partial charge in [-0.3, -0.25) is 10.1 Å². The van der Waals surface area contributed by atoms with Crippen molar-refractivity contribution in [2.75, 3.05) is 0 Å². The smallest absolute Gasteiger partial charge is 0.338 e. The average Bonchev–Trinajstić information content (AvgIpc) is 2.75. The molecule has 0 spiro atoms. The summed E-state index contributed by atoms with van der Waals surface area (Å²) in [6.07, 6.45) is 3.05. The standard InChI is InChI=1S/C13H15NO4/c1-9-3-2-4-12(9)18-13(15)10-5-7-11(8-6-10)14(16)17/h5-9,12H,2-4H2,1H3. The zero-order valence-electron chi connectivity index (χ0n) is 10.2. The van der Waals surface area contributed by atoms with E-state index >= 15 is 0 Å². The van der Waals surface area contributed by atoms with Gasteiger partial charge in [0, 0.05) is 12.1 Å². The van der Waals surface area contributed by atoms with Gasteiger partial charge in [-0.2, -0.15) is 0 Å². The van der Waals surface area contributed by atoms with E-state index in [9.17, 15) is 14.9 Å². The van der Waals surface area contributed by atoms with Crippen LogP contribution in [0.15, 0.2) is 24.3 Å². The minimum absolute atomic E-state index is 0.0207. The molecule has 2 rings (SSSR count). The van der Waals surface area contributed by atoms with E-state index in [0.29, 0.717) is 11.5 Å². The molecule has 0 saturated heterocycles. The maximum atomic E-state index is 11.8. The molecule has 5 nitrogen and oxygen atoms in total. The molecule has 1 saturated carbocycles. The maximum Gasteiger partial charge on any atom is 0.338 e. The molecule has 0 N–H and O–H groups in total. The molecule has 0 radical (unpaired) electrons. The normalized spacial score (nSPS) is 22.7. The first-order valence-corrected chi connectivity index (χ1v) is 6.03. The van der Waals surface area contributed by atoms with Gasteiger partial charge in [0.05, 0.1) is 10.5 Å². The number of hydrogen-bond acceptors (Lipinski definition) is 4. The summed E-state index contributed by atoms with van der Waals surface area (Å²) in [6.45, 7) is 2.07. The number of carbonyl (C=O) groups is 1. The number of nitro groups is 1. The van der Waals surface area contributed by atoms with Crippen molar-refractivity contribution >= 4 is 11.7 Å². The molecule has 1 aliphatic rings. The van der Waals surface area contributed by atoms with Gasteiger partial charge in [0.2, 0.25) is 0 Å². The fourth-order valence-corrected chi connectivity index (χ4v) is 2.21. The van der Waals surface area contributed by atoms with Crippen LogP contribution in [0.5, 0.6) is 0 Å². The number of nitro benzene ring substituents is 1. The summed E-state index contributed by atoms with van der Waals surface area (Å²) in [5, 5.41) is 10.5. The Bertz CT molecular complexity index is 455. The molecule has 1 aromatic rings. The fraction of sp³-hybridized carbons (Fsp3) is 0.462. The third-order valence-electron chi connectivity index (χ3n) is 3.36. The van der Waals surface area contributed by atoms with E-state index in [1.165, 1.54) is 24.3 Å². The maximum absolute atomic E-state index is 11.8. The van der Waals surface area contributed by atoms with Gasteiger partial charge in [-0.05, 0) is 37.3 Å². The van der Waals surface area contributed by atoms with Gasteiger partial charge in [-0.1, -0.05) is 6.92 Å². The van der Waals surface area contributed by atoms with Crippen LogP contribution in [-0.4, -0.2) is 17.0 Å². The van der Waals surface area contributed by atoms with Gasteiger partial charge >= 0.3 is 5.97 Å². The Hall–Kier alpha value is -1.91. The average molecular weight is 249 g/mol. The van der Waals surface area contributed by atoms with Crippen LogP contribution >= 0.6 is 0 Å². The largest absolute Gasteiger partial charge is 0.459 e. The molecule has 96 valence electrons. The number of hydrogen-bond donors (Lipinski definition) is 0. The quantitative estimate of drug-likeness (QED) is 0.469. The zero-order valence-corrected chi connectivity index (χ0v) is 10.2. The Morgan fingerprint density at radius 3 is 2.50 bits per heavy atom. The van der Waals surface area contributed by atoms with Crippen molar-refractivity contribution in [1.82, 2.24) is 0 Å². The molecular formula is C13H15NO4. The predicted molar refractivity (Wildman–Crippen MR) is 65.3 cm³/mol. The summed E-state index contributed by atoms with van der Waals surface area (Å²) < 4.78 is 5.40. The molecule has 0 amide bonds. The van der Waals surface area contributed by atoms with Crippen LogP contribution in [0, 0.1) is 16.0 Å². The summed E-state index contributed by atoms with van der Waals surface area (Å²) in [6, 6.07) is 5.49. The highest BCUT2D eigenvalue weighted by Gasteiger charge is 2.27. The topological polar surface area (TPSA) is 69.4 Å². The molecule has 0 aromatic heterocycles. The van der Waals surface area contributed by atoms with Crippen LogP contribution in [0.4, 0.5) is 5.69 Å². The summed E-state index contributed by atoms with van der Waals surface area (Å²) in [7, 11) is 0. The number of non-ortho nitro benzene ring substituents is 1. The Morgan fingerprint density at radius 2 is 2.00 bits per heavy atom. The summed E-state index contributed by atoms with van der Waals surface area (Å²) >= 11 is 0. The lowest BCUT2D eigenvalue weighted by molar-refractivity contribution is -0.384. The number of benzene rings is 1. The lowest BCUT2D eigenvalue weighted by Gasteiger charge is -2.16. The number of nitrogens with zero attached hydrogens (tertiary/aromatic N) is 1. The third-order valence-corrected chi connectivity index (χ3v) is 3.36. The molecule has 0 bridgehead atoms. The highest BCUT2D eigenvalue weighted by molar-refractivity contribution is 5.89. The van der Waals surface area contributed by atoms with E-state index in [1.807, 2.05) is 0 Å². The zero-order chi connectivity index (χ0) is 13.1. The molecule has 1 aliphatic carbocycles. The van der Waals surface area contributed by atoms with E-state index in [0.717, 1.165) is 19.3 Å². The first-order valence-electron chi connectivity index (χ1n) is 6.03. The van der Waals surface area contributed by atoms with Crippen molar-refractivity contribution in [3.05, 3.63) is 39.9 Å². The van der Waals surface area contributed by atoms with Crippen LogP contribution in [0.1, 0.15) is 36.5 Å². The van der Waals surface area contributed by atoms with Gasteiger partial charge in [0.15, 0.2) is 0 Å². The molecule has 2 atom stereocenters. The molecule has 5 heteroatoms. The van der Waals surface area contributed by atoms with Crippen molar-refractivity contribution in [3.8, 4) is 0 Å². The van der Waals surface area contributed by atoms with Gasteiger partial charge in [-0.15, -0.1) is 0 Å². The van der Waals surface area contributed by atoms with Crippen molar-refractivity contribution in [2.45, 2.75) is 32.3 Å². The SMILES string of the molecule is CC1CCCC1OC(=O)c1ccc([N+](=O)[O-])cc1. The molecule has 2 unspecified atom stereocenters. The molecule has 0 aliphatic heterocycles. The van der Waals surface area contributed by atoms with Crippen LogP contribution < -0.4 is 0 Å². The summed E-state index contributed by atoms with van der Waals surface area (Å²) in [5.41, 5.74) is 0.334. The molecule has 18 heavy (non-hydrogen) atoms. The van der Waals surface area contributed by atoms with Crippen molar-refractivity contribution in [2.24, 2.45) is 5.92 Å². The second kappa shape index (κ2) is 5.16. The number of carbonyl (C=O) groups excluding carboxylic acids is 1. The van der Waals surface area contributed by atoms with E-state index in [-0.39, 0.29) is 11.8 Å². The van der Waals surface area contributed by atoms with Gasteiger partial charge in [0.1, 0.15) is 6.10 Å². The van der Waals surface area contributed by atoms with Crippen molar-refractivity contribution in [3.63, 3.8) is 0 Å². The Kier molecular flexibility index (Phi) is 3.60. The van der Waals surface area contributed by atoms with Crippen molar-refractivity contribution in [1.29, 1.82) is 0 Å². The number of esters is 1. The van der Waals surface area contributed by atoms with E-state index in [4.69, 9.17) is 4.74 Å². The lowest BCUT2D eigenvalue weighted by Crippen LogP contribution is -2.20. The Labute approximate surface area is 105 Å². The minimum Gasteiger partial charge on any atom is -0.459 e. The van der Waals surface area contributed by atoms with Crippen LogP contribution in [-0.2, 0) is 4.74 Å². The number of ether oxygens (including phenoxy) is 1. The molecule has 0 heterocycles. The first-order chi connectivity index (χ1) is 8.58. The monoisotopic (exact) mass is 249 g/mol. The van der Waals surface area contributed by atoms with Gasteiger partial charge in [-0.25, -0.2) is 4.79 Å². The van der Waals surface area contributed by atoms with E-state index in [2.05, 4.69) is 6.92 Å². The fourth-order valence-electron chi connectivity index (χ4n) is 2.21. The van der Waals surface area contributed by atoms with Crippen LogP contribution in [0.2, 0.25) is 0 Å². The summed E-state index contributed by atoms with van der Waals surface area (Å²) in [4.78, 5) is 21.8. The van der Waals surface area contributed by atoms with Gasteiger partial charge in [0.25, 0.3) is 5.69 Å². The molecule has 1 fully saturated rings. The number of rotatable bonds is 3. The third kappa shape index (κ3) is 2.67. The highest BCUT2D eigenvalue weighted by atomic mass is 16.6. The van der Waals surface area contributed by atoms with Crippen LogP contribution in [0.25, 0.3) is 0 Å². The second-order valence-corrected chi connectivity index (χ2v) is 4.66. The predicted octanol–water partition coefficient (Wildman–Crippen LogP) is 2.94. The highest BCUT2D eigenvalue weighted by Crippen LogP contribution is 2.28. The molecular weight excluding hydrogens is 234 g/mol. The van der Waals surface area contributed by atoms with E-state index in [1.54, 1.807) is 0 Å².